The van der Waals surface area contributed by atoms with Crippen LogP contribution in [0.25, 0.3) is 0 Å². The van der Waals surface area contributed by atoms with Crippen molar-refractivity contribution in [2.24, 2.45) is 0 Å². The monoisotopic (exact) mass is 287 g/mol. The highest BCUT2D eigenvalue weighted by atomic mass is 19.1. The van der Waals surface area contributed by atoms with Crippen LogP contribution in [-0.4, -0.2) is 24.4 Å². The van der Waals surface area contributed by atoms with Crippen molar-refractivity contribution >= 4 is 17.3 Å². The molecule has 0 aromatic heterocycles. The molecule has 1 amide bonds. The first-order valence-corrected chi connectivity index (χ1v) is 6.62. The first kappa shape index (κ1) is 15.0. The Labute approximate surface area is 123 Å². The molecule has 4 nitrogen and oxygen atoms in total. The molecule has 0 aliphatic rings. The summed E-state index contributed by atoms with van der Waals surface area (Å²) in [4.78, 5) is 13.8. The van der Waals surface area contributed by atoms with Crippen molar-refractivity contribution in [3.63, 3.8) is 0 Å². The third kappa shape index (κ3) is 4.57. The van der Waals surface area contributed by atoms with Crippen molar-refractivity contribution in [3.05, 3.63) is 59.9 Å². The highest BCUT2D eigenvalue weighted by Gasteiger charge is 2.09. The third-order valence-electron chi connectivity index (χ3n) is 3.01. The summed E-state index contributed by atoms with van der Waals surface area (Å²) in [6.07, 6.45) is 0. The van der Waals surface area contributed by atoms with Crippen LogP contribution >= 0.6 is 0 Å². The predicted octanol–water partition coefficient (Wildman–Crippen LogP) is 2.48. The molecule has 0 unspecified atom stereocenters. The smallest absolute Gasteiger partial charge is 0.238 e. The Balaban J connectivity index is 1.87. The zero-order chi connectivity index (χ0) is 15.2. The van der Waals surface area contributed by atoms with Crippen molar-refractivity contribution in [2.75, 3.05) is 24.6 Å². The number of likely N-dealkylation sites (N-methyl/N-ethyl adjacent to an activating group) is 1. The van der Waals surface area contributed by atoms with Crippen molar-refractivity contribution in [2.45, 2.75) is 6.54 Å². The van der Waals surface area contributed by atoms with Gasteiger partial charge < -0.3 is 11.1 Å². The van der Waals surface area contributed by atoms with Crippen LogP contribution in [0.3, 0.4) is 0 Å². The van der Waals surface area contributed by atoms with Crippen LogP contribution in [-0.2, 0) is 11.3 Å². The molecule has 2 aromatic carbocycles. The molecule has 0 saturated carbocycles. The number of amides is 1. The summed E-state index contributed by atoms with van der Waals surface area (Å²) in [7, 11) is 1.83. The molecule has 0 aliphatic heterocycles. The van der Waals surface area contributed by atoms with Crippen LogP contribution in [0.2, 0.25) is 0 Å². The summed E-state index contributed by atoms with van der Waals surface area (Å²) in [5, 5.41) is 2.77. The molecule has 0 saturated heterocycles. The van der Waals surface area contributed by atoms with Gasteiger partial charge in [0.05, 0.1) is 17.9 Å². The average Bonchev–Trinajstić information content (AvgIpc) is 2.44. The van der Waals surface area contributed by atoms with E-state index in [1.54, 1.807) is 24.3 Å². The second-order valence-electron chi connectivity index (χ2n) is 4.93. The molecule has 2 rings (SSSR count). The van der Waals surface area contributed by atoms with Gasteiger partial charge >= 0.3 is 0 Å². The normalized spacial score (nSPS) is 10.6. The molecule has 2 aromatic rings. The quantitative estimate of drug-likeness (QED) is 0.831. The van der Waals surface area contributed by atoms with Gasteiger partial charge in [-0.05, 0) is 36.9 Å². The van der Waals surface area contributed by atoms with Crippen LogP contribution in [0.5, 0.6) is 0 Å². The number of nitrogens with two attached hydrogens (primary N) is 1. The predicted molar refractivity (Wildman–Crippen MR) is 82.2 cm³/mol. The number of halogens is 1. The lowest BCUT2D eigenvalue weighted by Gasteiger charge is -2.16. The third-order valence-corrected chi connectivity index (χ3v) is 3.01. The molecule has 0 fully saturated rings. The zero-order valence-electron chi connectivity index (χ0n) is 11.8. The number of nitrogens with zero attached hydrogens (tertiary/aromatic N) is 1. The number of carbonyl (C=O) groups excluding carboxylic acids is 1. The van der Waals surface area contributed by atoms with E-state index in [9.17, 15) is 9.18 Å². The summed E-state index contributed by atoms with van der Waals surface area (Å²) in [5.41, 5.74) is 7.87. The lowest BCUT2D eigenvalue weighted by Crippen LogP contribution is -2.30. The maximum Gasteiger partial charge on any atom is 0.238 e. The van der Waals surface area contributed by atoms with E-state index in [2.05, 4.69) is 5.32 Å². The van der Waals surface area contributed by atoms with E-state index in [4.69, 9.17) is 5.73 Å². The van der Waals surface area contributed by atoms with E-state index in [0.717, 1.165) is 5.56 Å². The van der Waals surface area contributed by atoms with Gasteiger partial charge in [0.2, 0.25) is 5.91 Å². The highest BCUT2D eigenvalue weighted by molar-refractivity contribution is 5.95. The molecular formula is C16H18FN3O. The van der Waals surface area contributed by atoms with E-state index in [-0.39, 0.29) is 18.3 Å². The van der Waals surface area contributed by atoms with Crippen LogP contribution < -0.4 is 11.1 Å². The fraction of sp³-hybridized carbons (Fsp3) is 0.188. The van der Waals surface area contributed by atoms with Crippen LogP contribution in [0.1, 0.15) is 5.56 Å². The minimum atomic E-state index is -0.265. The van der Waals surface area contributed by atoms with Gasteiger partial charge in [0.1, 0.15) is 5.82 Å². The topological polar surface area (TPSA) is 58.4 Å². The minimum Gasteiger partial charge on any atom is -0.397 e. The Kier molecular flexibility index (Phi) is 4.90. The van der Waals surface area contributed by atoms with Gasteiger partial charge in [-0.25, -0.2) is 4.39 Å². The molecular weight excluding hydrogens is 269 g/mol. The van der Waals surface area contributed by atoms with E-state index >= 15 is 0 Å². The van der Waals surface area contributed by atoms with Crippen LogP contribution in [0.15, 0.2) is 48.5 Å². The molecule has 0 heterocycles. The number of nitrogen functional groups attached to an aromatic ring is 1. The first-order valence-electron chi connectivity index (χ1n) is 6.62. The minimum absolute atomic E-state index is 0.141. The molecule has 0 aliphatic carbocycles. The maximum absolute atomic E-state index is 12.8. The molecule has 0 spiro atoms. The van der Waals surface area contributed by atoms with Crippen LogP contribution in [0.4, 0.5) is 15.8 Å². The number of para-hydroxylation sites is 2. The number of benzene rings is 2. The Morgan fingerprint density at radius 1 is 1.19 bits per heavy atom. The summed E-state index contributed by atoms with van der Waals surface area (Å²) < 4.78 is 12.8. The van der Waals surface area contributed by atoms with Gasteiger partial charge in [-0.15, -0.1) is 0 Å². The SMILES string of the molecule is CN(CC(=O)Nc1ccccc1N)Cc1ccc(F)cc1. The number of anilines is 2. The van der Waals surface area contributed by atoms with E-state index in [1.807, 2.05) is 24.1 Å². The van der Waals surface area contributed by atoms with E-state index < -0.39 is 0 Å². The second kappa shape index (κ2) is 6.85. The summed E-state index contributed by atoms with van der Waals surface area (Å²) in [5.74, 6) is -0.406. The lowest BCUT2D eigenvalue weighted by molar-refractivity contribution is -0.117. The fourth-order valence-corrected chi connectivity index (χ4v) is 2.00. The second-order valence-corrected chi connectivity index (χ2v) is 4.93. The maximum atomic E-state index is 12.8. The van der Waals surface area contributed by atoms with Crippen molar-refractivity contribution < 1.29 is 9.18 Å². The Morgan fingerprint density at radius 3 is 2.52 bits per heavy atom. The lowest BCUT2D eigenvalue weighted by atomic mass is 10.2. The van der Waals surface area contributed by atoms with Gasteiger partial charge in [-0.2, -0.15) is 0 Å². The number of rotatable bonds is 5. The van der Waals surface area contributed by atoms with Gasteiger partial charge in [-0.1, -0.05) is 24.3 Å². The number of carbonyl (C=O) groups is 1. The Bertz CT molecular complexity index is 613. The zero-order valence-corrected chi connectivity index (χ0v) is 11.8. The first-order chi connectivity index (χ1) is 10.0. The number of hydrogen-bond donors (Lipinski definition) is 2. The molecule has 0 atom stereocenters. The molecule has 3 N–H and O–H groups in total. The van der Waals surface area contributed by atoms with Gasteiger partial charge in [0.25, 0.3) is 0 Å². The summed E-state index contributed by atoms with van der Waals surface area (Å²) in [6, 6.07) is 13.4. The molecule has 21 heavy (non-hydrogen) atoms. The Hall–Kier alpha value is -2.40. The van der Waals surface area contributed by atoms with Gasteiger partial charge in [0, 0.05) is 6.54 Å². The standard InChI is InChI=1S/C16H18FN3O/c1-20(10-12-6-8-13(17)9-7-12)11-16(21)19-15-5-3-2-4-14(15)18/h2-9H,10-11,18H2,1H3,(H,19,21). The Morgan fingerprint density at radius 2 is 1.86 bits per heavy atom. The van der Waals surface area contributed by atoms with E-state index in [0.29, 0.717) is 17.9 Å². The molecule has 5 heteroatoms. The summed E-state index contributed by atoms with van der Waals surface area (Å²) >= 11 is 0. The van der Waals surface area contributed by atoms with Gasteiger partial charge in [-0.3, -0.25) is 9.69 Å². The highest BCUT2D eigenvalue weighted by Crippen LogP contribution is 2.16. The summed E-state index contributed by atoms with van der Waals surface area (Å²) in [6.45, 7) is 0.795. The van der Waals surface area contributed by atoms with Gasteiger partial charge in [0.15, 0.2) is 0 Å². The largest absolute Gasteiger partial charge is 0.397 e. The van der Waals surface area contributed by atoms with E-state index in [1.165, 1.54) is 12.1 Å². The molecule has 0 bridgehead atoms. The van der Waals surface area contributed by atoms with Crippen molar-refractivity contribution in [3.8, 4) is 0 Å². The van der Waals surface area contributed by atoms with Crippen molar-refractivity contribution in [1.29, 1.82) is 0 Å². The number of hydrogen-bond acceptors (Lipinski definition) is 3. The van der Waals surface area contributed by atoms with Crippen molar-refractivity contribution in [1.82, 2.24) is 4.90 Å². The molecule has 0 radical (unpaired) electrons. The fourth-order valence-electron chi connectivity index (χ4n) is 2.00. The average molecular weight is 287 g/mol. The van der Waals surface area contributed by atoms with Crippen LogP contribution in [0, 0.1) is 5.82 Å². The molecule has 110 valence electrons. The number of nitrogens with one attached hydrogen (secondary N) is 1.